The quantitative estimate of drug-likeness (QED) is 0.389. The van der Waals surface area contributed by atoms with Gasteiger partial charge in [0.2, 0.25) is 5.91 Å². The summed E-state index contributed by atoms with van der Waals surface area (Å²) in [6.07, 6.45) is 1.86. The molecule has 1 heterocycles. The molecular weight excluding hydrogens is 258 g/mol. The molecule has 104 valence electrons. The molecule has 0 unspecified atom stereocenters. The summed E-state index contributed by atoms with van der Waals surface area (Å²) in [6.45, 7) is 0.446. The number of carbonyl (C=O) groups is 2. The summed E-state index contributed by atoms with van der Waals surface area (Å²) in [7, 11) is 0. The van der Waals surface area contributed by atoms with Gasteiger partial charge in [-0.15, -0.1) is 0 Å². The minimum atomic E-state index is -0.570. The van der Waals surface area contributed by atoms with E-state index in [1.54, 1.807) is 16.9 Å². The van der Waals surface area contributed by atoms with E-state index in [0.29, 0.717) is 6.54 Å². The number of aromatic nitrogens is 2. The number of hydrogen-bond donors (Lipinski definition) is 3. The van der Waals surface area contributed by atoms with Crippen LogP contribution < -0.4 is 17.0 Å². The Morgan fingerprint density at radius 3 is 2.50 bits per heavy atom. The van der Waals surface area contributed by atoms with Crippen molar-refractivity contribution in [2.75, 3.05) is 0 Å². The number of amides is 2. The van der Waals surface area contributed by atoms with Crippen LogP contribution in [0.3, 0.4) is 0 Å². The molecule has 2 aromatic rings. The van der Waals surface area contributed by atoms with Crippen LogP contribution in [0.15, 0.2) is 36.5 Å². The SMILES string of the molecule is NNC(=O)Cc1ccccc1Cn1ccc(C(N)=O)n1. The minimum Gasteiger partial charge on any atom is -0.364 e. The summed E-state index contributed by atoms with van der Waals surface area (Å²) >= 11 is 0. The van der Waals surface area contributed by atoms with Crippen LogP contribution in [0, 0.1) is 0 Å². The summed E-state index contributed by atoms with van der Waals surface area (Å²) in [5.41, 5.74) is 9.24. The topological polar surface area (TPSA) is 116 Å². The predicted octanol–water partition coefficient (Wildman–Crippen LogP) is -0.437. The van der Waals surface area contributed by atoms with E-state index in [2.05, 4.69) is 10.5 Å². The smallest absolute Gasteiger partial charge is 0.269 e. The minimum absolute atomic E-state index is 0.191. The van der Waals surface area contributed by atoms with Crippen LogP contribution in [-0.4, -0.2) is 21.6 Å². The van der Waals surface area contributed by atoms with E-state index in [4.69, 9.17) is 11.6 Å². The van der Waals surface area contributed by atoms with Crippen molar-refractivity contribution in [1.29, 1.82) is 0 Å². The van der Waals surface area contributed by atoms with Crippen molar-refractivity contribution >= 4 is 11.8 Å². The van der Waals surface area contributed by atoms with Crippen LogP contribution >= 0.6 is 0 Å². The lowest BCUT2D eigenvalue weighted by atomic mass is 10.0. The molecule has 0 saturated carbocycles. The third kappa shape index (κ3) is 3.21. The van der Waals surface area contributed by atoms with E-state index in [0.717, 1.165) is 11.1 Å². The zero-order chi connectivity index (χ0) is 14.5. The maximum absolute atomic E-state index is 11.4. The number of benzene rings is 1. The van der Waals surface area contributed by atoms with Gasteiger partial charge in [0, 0.05) is 6.20 Å². The fourth-order valence-corrected chi connectivity index (χ4v) is 1.86. The average Bonchev–Trinajstić information content (AvgIpc) is 2.89. The standard InChI is InChI=1S/C13H15N5O2/c14-13(20)11-5-6-18(17-11)8-10-4-2-1-3-9(10)7-12(19)16-15/h1-6H,7-8,15H2,(H2,14,20)(H,16,19). The van der Waals surface area contributed by atoms with Crippen LogP contribution in [0.5, 0.6) is 0 Å². The molecule has 0 fully saturated rings. The third-order valence-corrected chi connectivity index (χ3v) is 2.86. The summed E-state index contributed by atoms with van der Waals surface area (Å²) < 4.78 is 1.60. The van der Waals surface area contributed by atoms with Gasteiger partial charge < -0.3 is 5.73 Å². The highest BCUT2D eigenvalue weighted by Gasteiger charge is 2.09. The molecule has 20 heavy (non-hydrogen) atoms. The number of hydrogen-bond acceptors (Lipinski definition) is 4. The predicted molar refractivity (Wildman–Crippen MR) is 72.3 cm³/mol. The van der Waals surface area contributed by atoms with Gasteiger partial charge in [-0.05, 0) is 17.2 Å². The zero-order valence-electron chi connectivity index (χ0n) is 10.7. The Kier molecular flexibility index (Phi) is 4.11. The highest BCUT2D eigenvalue weighted by molar-refractivity contribution is 5.90. The molecule has 0 radical (unpaired) electrons. The highest BCUT2D eigenvalue weighted by atomic mass is 16.2. The fraction of sp³-hybridized carbons (Fsp3) is 0.154. The Morgan fingerprint density at radius 1 is 1.20 bits per heavy atom. The molecular formula is C13H15N5O2. The van der Waals surface area contributed by atoms with Gasteiger partial charge in [0.1, 0.15) is 5.69 Å². The van der Waals surface area contributed by atoms with Crippen molar-refractivity contribution in [2.45, 2.75) is 13.0 Å². The molecule has 0 aliphatic heterocycles. The maximum atomic E-state index is 11.4. The van der Waals surface area contributed by atoms with Crippen molar-refractivity contribution in [3.63, 3.8) is 0 Å². The number of nitrogens with two attached hydrogens (primary N) is 2. The number of primary amides is 1. The van der Waals surface area contributed by atoms with E-state index in [1.807, 2.05) is 24.3 Å². The molecule has 0 bridgehead atoms. The molecule has 5 N–H and O–H groups in total. The Morgan fingerprint density at radius 2 is 1.90 bits per heavy atom. The van der Waals surface area contributed by atoms with Crippen molar-refractivity contribution < 1.29 is 9.59 Å². The molecule has 7 nitrogen and oxygen atoms in total. The second kappa shape index (κ2) is 5.98. The number of rotatable bonds is 5. The normalized spacial score (nSPS) is 10.2. The van der Waals surface area contributed by atoms with E-state index >= 15 is 0 Å². The van der Waals surface area contributed by atoms with Gasteiger partial charge in [-0.25, -0.2) is 5.84 Å². The summed E-state index contributed by atoms with van der Waals surface area (Å²) in [5, 5.41) is 4.06. The molecule has 0 saturated heterocycles. The van der Waals surface area contributed by atoms with E-state index < -0.39 is 5.91 Å². The summed E-state index contributed by atoms with van der Waals surface area (Å²) in [5.74, 6) is 4.25. The van der Waals surface area contributed by atoms with Crippen LogP contribution in [0.4, 0.5) is 0 Å². The molecule has 0 aliphatic rings. The Balaban J connectivity index is 2.19. The Bertz CT molecular complexity index is 635. The Labute approximate surface area is 115 Å². The highest BCUT2D eigenvalue weighted by Crippen LogP contribution is 2.11. The second-order valence-corrected chi connectivity index (χ2v) is 4.28. The fourth-order valence-electron chi connectivity index (χ4n) is 1.86. The van der Waals surface area contributed by atoms with Gasteiger partial charge in [-0.1, -0.05) is 24.3 Å². The molecule has 0 aliphatic carbocycles. The lowest BCUT2D eigenvalue weighted by Crippen LogP contribution is -2.31. The molecule has 2 rings (SSSR count). The van der Waals surface area contributed by atoms with Crippen LogP contribution in [0.25, 0.3) is 0 Å². The van der Waals surface area contributed by atoms with Gasteiger partial charge in [0.25, 0.3) is 5.91 Å². The molecule has 0 atom stereocenters. The van der Waals surface area contributed by atoms with Gasteiger partial charge in [0.15, 0.2) is 0 Å². The molecule has 2 amide bonds. The number of nitrogens with one attached hydrogen (secondary N) is 1. The maximum Gasteiger partial charge on any atom is 0.269 e. The first kappa shape index (κ1) is 13.8. The first-order valence-electron chi connectivity index (χ1n) is 5.99. The monoisotopic (exact) mass is 273 g/mol. The van der Waals surface area contributed by atoms with Crippen molar-refractivity contribution in [3.8, 4) is 0 Å². The number of carbonyl (C=O) groups excluding carboxylic acids is 2. The van der Waals surface area contributed by atoms with Crippen molar-refractivity contribution in [2.24, 2.45) is 11.6 Å². The van der Waals surface area contributed by atoms with Crippen molar-refractivity contribution in [1.82, 2.24) is 15.2 Å². The first-order chi connectivity index (χ1) is 9.60. The number of hydrazine groups is 1. The van der Waals surface area contributed by atoms with Crippen molar-refractivity contribution in [3.05, 3.63) is 53.3 Å². The van der Waals surface area contributed by atoms with E-state index in [9.17, 15) is 9.59 Å². The molecule has 7 heteroatoms. The summed E-state index contributed by atoms with van der Waals surface area (Å²) in [6, 6.07) is 9.02. The Hall–Kier alpha value is -2.67. The largest absolute Gasteiger partial charge is 0.364 e. The number of nitrogens with zero attached hydrogens (tertiary/aromatic N) is 2. The first-order valence-corrected chi connectivity index (χ1v) is 5.99. The van der Waals surface area contributed by atoms with Gasteiger partial charge in [-0.2, -0.15) is 5.10 Å². The molecule has 1 aromatic heterocycles. The van der Waals surface area contributed by atoms with E-state index in [-0.39, 0.29) is 18.0 Å². The lowest BCUT2D eigenvalue weighted by molar-refractivity contribution is -0.120. The lowest BCUT2D eigenvalue weighted by Gasteiger charge is -2.09. The van der Waals surface area contributed by atoms with Gasteiger partial charge in [-0.3, -0.25) is 19.7 Å². The van der Waals surface area contributed by atoms with Gasteiger partial charge in [0.05, 0.1) is 13.0 Å². The van der Waals surface area contributed by atoms with Crippen LogP contribution in [0.1, 0.15) is 21.6 Å². The molecule has 0 spiro atoms. The van der Waals surface area contributed by atoms with E-state index in [1.165, 1.54) is 0 Å². The summed E-state index contributed by atoms with van der Waals surface area (Å²) in [4.78, 5) is 22.4. The molecule has 1 aromatic carbocycles. The zero-order valence-corrected chi connectivity index (χ0v) is 10.7. The van der Waals surface area contributed by atoms with Gasteiger partial charge >= 0.3 is 0 Å². The van der Waals surface area contributed by atoms with Crippen LogP contribution in [0.2, 0.25) is 0 Å². The second-order valence-electron chi connectivity index (χ2n) is 4.28. The van der Waals surface area contributed by atoms with Crippen LogP contribution in [-0.2, 0) is 17.8 Å². The average molecular weight is 273 g/mol. The third-order valence-electron chi connectivity index (χ3n) is 2.86.